The number of hydrogen-bond acceptors (Lipinski definition) is 16. The molecule has 0 unspecified atom stereocenters. The molecule has 0 aliphatic rings. The molecule has 16 rings (SSSR count). The quantitative estimate of drug-likeness (QED) is 0.0333. The Morgan fingerprint density at radius 1 is 0.129 bits per heavy atom. The summed E-state index contributed by atoms with van der Waals surface area (Å²) in [6, 6.07) is 60.0. The van der Waals surface area contributed by atoms with Crippen LogP contribution in [0.2, 0.25) is 0 Å². The molecular weight excluding hydrogens is 1910 g/mol. The van der Waals surface area contributed by atoms with Crippen LogP contribution < -0.4 is 0 Å². The number of unbranched alkanes of at least 4 members (excludes halogenated alkanes) is 24. The highest BCUT2D eigenvalue weighted by atomic mass is 32.2. The Morgan fingerprint density at radius 2 is 0.265 bits per heavy atom. The van der Waals surface area contributed by atoms with Crippen LogP contribution in [0.25, 0.3) is 146 Å². The van der Waals surface area contributed by atoms with Crippen molar-refractivity contribution in [3.05, 3.63) is 200 Å². The average Bonchev–Trinajstić information content (AvgIpc) is 1.62. The third-order valence-electron chi connectivity index (χ3n) is 26.0. The summed E-state index contributed by atoms with van der Waals surface area (Å²) < 4.78 is 0. The molecule has 698 valence electrons. The van der Waals surface area contributed by atoms with Gasteiger partial charge in [-0.25, -0.2) is 0 Å². The molecule has 0 aliphatic heterocycles. The van der Waals surface area contributed by atoms with E-state index in [2.05, 4.69) is 283 Å². The zero-order chi connectivity index (χ0) is 91.1. The molecule has 0 N–H and O–H groups in total. The predicted molar refractivity (Wildman–Crippen MR) is 616 cm³/mol. The molecule has 0 nitrogen and oxygen atoms in total. The molecule has 0 aromatic carbocycles. The second-order valence-electron chi connectivity index (χ2n) is 36.4. The standard InChI is InChI=1S/C116H138S16/c1-11-21-29-37-45-77-69-85(19-9)117-109(77)95-61-53-87(119-95)89-55-63-97(121-89)111-79(47-39-31-23-13-3)71-103(127-111)105-73-81(49-41-33-25-15-5)113(129-105)99-65-57-91(123-99)93-59-67-101(125-93)115-83(51-43-35-27-17-7)75-107(131-115)108-76-84(52-44-36-28-18-8)116(132-108)102-68-60-94(126-102)92-58-66-100(124-92)114-82(50-42-34-26-16-6)74-106(130-114)104-72-80(48-40-32-24-14-4)112(128-104)98-64-56-90(122-98)88-54-62-96(120-88)110-78(46-38-30-22-12-2)70-86(20-10)118-110/h53-76H,11-52H2,1-10H3. The van der Waals surface area contributed by atoms with Crippen molar-refractivity contribution < 1.29 is 0 Å². The van der Waals surface area contributed by atoms with E-state index in [1.165, 1.54) is 386 Å². The first-order valence-electron chi connectivity index (χ1n) is 50.8. The largest absolute Gasteiger partial charge is 0.139 e. The zero-order valence-corrected chi connectivity index (χ0v) is 93.2. The van der Waals surface area contributed by atoms with Crippen LogP contribution in [-0.4, -0.2) is 0 Å². The highest BCUT2D eigenvalue weighted by Gasteiger charge is 2.28. The molecule has 0 saturated carbocycles. The molecule has 0 atom stereocenters. The Bertz CT molecular complexity index is 5810. The maximum atomic E-state index is 2.63. The maximum absolute atomic E-state index is 2.63. The number of rotatable bonds is 57. The van der Waals surface area contributed by atoms with Crippen molar-refractivity contribution in [2.24, 2.45) is 0 Å². The van der Waals surface area contributed by atoms with E-state index >= 15 is 0 Å². The van der Waals surface area contributed by atoms with Gasteiger partial charge in [0.15, 0.2) is 0 Å². The van der Waals surface area contributed by atoms with E-state index in [0.29, 0.717) is 0 Å². The molecule has 16 aromatic rings. The van der Waals surface area contributed by atoms with Gasteiger partial charge in [0.1, 0.15) is 0 Å². The Kier molecular flexibility index (Phi) is 38.6. The predicted octanol–water partition coefficient (Wildman–Crippen LogP) is 45.8. The van der Waals surface area contributed by atoms with Crippen molar-refractivity contribution in [1.29, 1.82) is 0 Å². The van der Waals surface area contributed by atoms with Gasteiger partial charge in [-0.05, 0) is 306 Å². The van der Waals surface area contributed by atoms with Crippen molar-refractivity contribution in [1.82, 2.24) is 0 Å². The van der Waals surface area contributed by atoms with Gasteiger partial charge in [-0.2, -0.15) is 0 Å². The van der Waals surface area contributed by atoms with Gasteiger partial charge < -0.3 is 0 Å². The van der Waals surface area contributed by atoms with Gasteiger partial charge in [-0.15, -0.1) is 181 Å². The fourth-order valence-corrected chi connectivity index (χ4v) is 37.8. The van der Waals surface area contributed by atoms with Crippen LogP contribution in [0.4, 0.5) is 0 Å². The Labute approximate surface area is 857 Å². The molecule has 132 heavy (non-hydrogen) atoms. The van der Waals surface area contributed by atoms with Gasteiger partial charge in [0, 0.05) is 156 Å². The molecule has 0 bridgehead atoms. The van der Waals surface area contributed by atoms with Gasteiger partial charge in [-0.3, -0.25) is 0 Å². The molecule has 16 heterocycles. The molecule has 16 aromatic heterocycles. The Hall–Kier alpha value is -4.80. The van der Waals surface area contributed by atoms with E-state index in [4.69, 9.17) is 0 Å². The lowest BCUT2D eigenvalue weighted by Gasteiger charge is -2.02. The summed E-state index contributed by atoms with van der Waals surface area (Å²) >= 11 is 32.6. The first-order valence-corrected chi connectivity index (χ1v) is 63.9. The minimum Gasteiger partial charge on any atom is -0.139 e. The number of thiophene rings is 16. The van der Waals surface area contributed by atoms with Crippen LogP contribution in [0, 0.1) is 0 Å². The second-order valence-corrected chi connectivity index (χ2v) is 53.7. The Morgan fingerprint density at radius 3 is 0.409 bits per heavy atom. The SMILES string of the molecule is CCCCCCc1cc(CC)sc1-c1ccc(-c2ccc(-c3sc(-c4cc(CCCCCC)c(-c5ccc(-c6ccc(-c7sc(-c8cc(CCCCCC)c(-c9ccc(-c%10ccc(-c%11sc(-c%12cc(CCCCCC)c(-c%13ccc(-c%14ccc(-c%15sc(CC)cc%15CCCCCC)s%14)s%13)s%12)cc%11CCCCCC)s%10)s9)s8)cc7CCCCCC)s6)s5)s4)cc3CCCCCC)s2)s1. The second kappa shape index (κ2) is 50.9. The van der Waals surface area contributed by atoms with Gasteiger partial charge in [0.05, 0.1) is 0 Å². The van der Waals surface area contributed by atoms with Crippen LogP contribution in [0.3, 0.4) is 0 Å². The summed E-state index contributed by atoms with van der Waals surface area (Å²) in [5, 5.41) is 0. The normalized spacial score (nSPS) is 11.9. The minimum atomic E-state index is 1.11. The fraction of sp³-hybridized carbons (Fsp3) is 0.448. The van der Waals surface area contributed by atoms with E-state index < -0.39 is 0 Å². The van der Waals surface area contributed by atoms with E-state index in [1.807, 2.05) is 113 Å². The lowest BCUT2D eigenvalue weighted by atomic mass is 10.0. The fourth-order valence-electron chi connectivity index (χ4n) is 18.5. The third-order valence-corrected chi connectivity index (χ3v) is 47.2. The van der Waals surface area contributed by atoms with E-state index in [0.717, 1.165) is 51.4 Å². The van der Waals surface area contributed by atoms with Crippen molar-refractivity contribution >= 4 is 181 Å². The van der Waals surface area contributed by atoms with E-state index in [9.17, 15) is 0 Å². The van der Waals surface area contributed by atoms with Crippen LogP contribution in [0.15, 0.2) is 146 Å². The summed E-state index contributed by atoms with van der Waals surface area (Å²) in [4.78, 5) is 46.3. The van der Waals surface area contributed by atoms with Crippen molar-refractivity contribution in [3.8, 4) is 146 Å². The Balaban J connectivity index is 0.654. The maximum Gasteiger partial charge on any atom is 0.0481 e. The minimum absolute atomic E-state index is 1.11. The third kappa shape index (κ3) is 25.5. The topological polar surface area (TPSA) is 0 Å². The van der Waals surface area contributed by atoms with Crippen LogP contribution >= 0.6 is 181 Å². The lowest BCUT2D eigenvalue weighted by molar-refractivity contribution is 0.668. The number of hydrogen-bond donors (Lipinski definition) is 0. The van der Waals surface area contributed by atoms with Gasteiger partial charge >= 0.3 is 0 Å². The summed E-state index contributed by atoms with van der Waals surface area (Å²) in [5.74, 6) is 0. The molecule has 0 spiro atoms. The smallest absolute Gasteiger partial charge is 0.0481 e. The van der Waals surface area contributed by atoms with Crippen LogP contribution in [0.5, 0.6) is 0 Å². The lowest BCUT2D eigenvalue weighted by Crippen LogP contribution is -1.85. The highest BCUT2D eigenvalue weighted by molar-refractivity contribution is 7.34. The highest BCUT2D eigenvalue weighted by Crippen LogP contribution is 2.56. The van der Waals surface area contributed by atoms with Crippen molar-refractivity contribution in [2.75, 3.05) is 0 Å². The first-order chi connectivity index (χ1) is 64.9. The monoisotopic (exact) mass is 2040 g/mol. The molecule has 0 saturated heterocycles. The molecule has 16 heteroatoms. The molecule has 0 fully saturated rings. The van der Waals surface area contributed by atoms with Crippen molar-refractivity contribution in [3.63, 3.8) is 0 Å². The summed E-state index contributed by atoms with van der Waals surface area (Å²) in [6.07, 6.45) is 52.4. The van der Waals surface area contributed by atoms with Crippen LogP contribution in [-0.2, 0) is 64.2 Å². The molecule has 0 amide bonds. The van der Waals surface area contributed by atoms with E-state index in [-0.39, 0.29) is 0 Å². The molecule has 0 radical (unpaired) electrons. The summed E-state index contributed by atoms with van der Waals surface area (Å²) in [5.41, 5.74) is 12.4. The van der Waals surface area contributed by atoms with E-state index in [1.54, 1.807) is 33.4 Å². The van der Waals surface area contributed by atoms with Crippen molar-refractivity contribution in [2.45, 2.75) is 339 Å². The number of aryl methyl sites for hydroxylation is 10. The van der Waals surface area contributed by atoms with Gasteiger partial charge in [-0.1, -0.05) is 223 Å². The summed E-state index contributed by atoms with van der Waals surface area (Å²) in [6.45, 7) is 23.4. The average molecular weight is 2050 g/mol. The summed E-state index contributed by atoms with van der Waals surface area (Å²) in [7, 11) is 0. The molecule has 0 aliphatic carbocycles. The molecular formula is C116H138S16. The van der Waals surface area contributed by atoms with Gasteiger partial charge in [0.2, 0.25) is 0 Å². The van der Waals surface area contributed by atoms with Crippen LogP contribution in [0.1, 0.15) is 329 Å². The van der Waals surface area contributed by atoms with Gasteiger partial charge in [0.25, 0.3) is 0 Å². The zero-order valence-electron chi connectivity index (χ0n) is 80.1. The first kappa shape index (κ1) is 100.